The molecular weight excluding hydrogens is 357 g/mol. The van der Waals surface area contributed by atoms with Crippen molar-refractivity contribution in [3.05, 3.63) is 65.4 Å². The first kappa shape index (κ1) is 18.3. The number of hydrogen-bond donors (Lipinski definition) is 2. The molecule has 2 N–H and O–H groups in total. The molecule has 0 bridgehead atoms. The van der Waals surface area contributed by atoms with Crippen LogP contribution in [-0.2, 0) is 10.2 Å². The average Bonchev–Trinajstić information content (AvgIpc) is 3.18. The quantitative estimate of drug-likeness (QED) is 0.807. The Morgan fingerprint density at radius 2 is 2.07 bits per heavy atom. The zero-order valence-corrected chi connectivity index (χ0v) is 15.7. The highest BCUT2D eigenvalue weighted by atomic mass is 19.1. The fraction of sp³-hybridized carbons (Fsp3) is 0.333. The van der Waals surface area contributed by atoms with Crippen molar-refractivity contribution in [3.63, 3.8) is 0 Å². The molecule has 0 aliphatic heterocycles. The number of carbonyl (C=O) groups excluding carboxylic acids is 1. The molecule has 28 heavy (non-hydrogen) atoms. The van der Waals surface area contributed by atoms with E-state index in [4.69, 9.17) is 0 Å². The van der Waals surface area contributed by atoms with Crippen molar-refractivity contribution >= 4 is 17.3 Å². The van der Waals surface area contributed by atoms with Gasteiger partial charge in [0.1, 0.15) is 11.6 Å². The number of likely N-dealkylation sites (N-methyl/N-ethyl adjacent to an activating group) is 1. The molecule has 1 saturated carbocycles. The molecule has 2 aromatic heterocycles. The first-order valence-corrected chi connectivity index (χ1v) is 9.42. The van der Waals surface area contributed by atoms with Crippen LogP contribution in [0.4, 0.5) is 10.2 Å². The second-order valence-electron chi connectivity index (χ2n) is 7.26. The summed E-state index contributed by atoms with van der Waals surface area (Å²) in [6.07, 6.45) is 8.77. The van der Waals surface area contributed by atoms with Crippen molar-refractivity contribution in [3.8, 4) is 0 Å². The van der Waals surface area contributed by atoms with Crippen LogP contribution >= 0.6 is 0 Å². The maximum atomic E-state index is 14.2. The Morgan fingerprint density at radius 1 is 1.21 bits per heavy atom. The molecule has 0 atom stereocenters. The van der Waals surface area contributed by atoms with Crippen molar-refractivity contribution < 1.29 is 9.18 Å². The van der Waals surface area contributed by atoms with Gasteiger partial charge in [-0.2, -0.15) is 0 Å². The van der Waals surface area contributed by atoms with Crippen LogP contribution in [-0.4, -0.2) is 34.7 Å². The van der Waals surface area contributed by atoms with Gasteiger partial charge in [0.2, 0.25) is 5.91 Å². The second kappa shape index (κ2) is 7.50. The van der Waals surface area contributed by atoms with Gasteiger partial charge >= 0.3 is 0 Å². The Labute approximate surface area is 163 Å². The van der Waals surface area contributed by atoms with E-state index >= 15 is 0 Å². The molecule has 2 aliphatic rings. The second-order valence-corrected chi connectivity index (χ2v) is 7.26. The zero-order chi connectivity index (χ0) is 19.6. The fourth-order valence-electron chi connectivity index (χ4n) is 3.75. The van der Waals surface area contributed by atoms with E-state index < -0.39 is 0 Å². The predicted octanol–water partition coefficient (Wildman–Crippen LogP) is 3.00. The number of pyridine rings is 1. The van der Waals surface area contributed by atoms with Crippen LogP contribution in [0.25, 0.3) is 5.57 Å². The van der Waals surface area contributed by atoms with Gasteiger partial charge < -0.3 is 10.6 Å². The molecule has 2 aromatic rings. The van der Waals surface area contributed by atoms with Crippen LogP contribution in [0.3, 0.4) is 0 Å². The van der Waals surface area contributed by atoms with Gasteiger partial charge in [-0.3, -0.25) is 9.78 Å². The van der Waals surface area contributed by atoms with Gasteiger partial charge in [-0.25, -0.2) is 4.39 Å². The van der Waals surface area contributed by atoms with Crippen molar-refractivity contribution in [2.24, 2.45) is 0 Å². The SMILES string of the molecule is CNC(=O)C1=CC=C(c2ccc(NCC3(c4ncccc4F)CCC3)nn2)C1. The lowest BCUT2D eigenvalue weighted by atomic mass is 9.66. The van der Waals surface area contributed by atoms with Crippen LogP contribution < -0.4 is 10.6 Å². The van der Waals surface area contributed by atoms with E-state index in [1.54, 1.807) is 19.3 Å². The number of rotatable bonds is 6. The molecular formula is C21H22FN5O. The van der Waals surface area contributed by atoms with Gasteiger partial charge in [-0.05, 0) is 42.7 Å². The van der Waals surface area contributed by atoms with Gasteiger partial charge in [-0.15, -0.1) is 10.2 Å². The number of aromatic nitrogens is 3. The number of anilines is 1. The predicted molar refractivity (Wildman–Crippen MR) is 105 cm³/mol. The molecule has 0 aromatic carbocycles. The third-order valence-corrected chi connectivity index (χ3v) is 5.56. The van der Waals surface area contributed by atoms with Gasteiger partial charge in [0, 0.05) is 37.2 Å². The molecule has 1 amide bonds. The minimum atomic E-state index is -0.286. The summed E-state index contributed by atoms with van der Waals surface area (Å²) in [6.45, 7) is 0.569. The highest BCUT2D eigenvalue weighted by Gasteiger charge is 2.41. The molecule has 0 unspecified atom stereocenters. The Kier molecular flexibility index (Phi) is 4.90. The molecule has 0 spiro atoms. The van der Waals surface area contributed by atoms with Crippen molar-refractivity contribution in [2.45, 2.75) is 31.1 Å². The van der Waals surface area contributed by atoms with Gasteiger partial charge in [0.05, 0.1) is 11.4 Å². The molecule has 0 saturated heterocycles. The monoisotopic (exact) mass is 379 g/mol. The number of carbonyl (C=O) groups is 1. The van der Waals surface area contributed by atoms with Crippen LogP contribution in [0.15, 0.2) is 48.2 Å². The Balaban J connectivity index is 1.40. The van der Waals surface area contributed by atoms with Gasteiger partial charge in [0.25, 0.3) is 0 Å². The third kappa shape index (κ3) is 3.40. The molecule has 144 valence electrons. The topological polar surface area (TPSA) is 79.8 Å². The maximum absolute atomic E-state index is 14.2. The Morgan fingerprint density at radius 3 is 2.71 bits per heavy atom. The smallest absolute Gasteiger partial charge is 0.247 e. The van der Waals surface area contributed by atoms with Crippen LogP contribution in [0.1, 0.15) is 37.1 Å². The maximum Gasteiger partial charge on any atom is 0.247 e. The summed E-state index contributed by atoms with van der Waals surface area (Å²) in [5.41, 5.74) is 2.66. The molecule has 1 fully saturated rings. The Bertz CT molecular complexity index is 948. The lowest BCUT2D eigenvalue weighted by Crippen LogP contribution is -2.42. The standard InChI is InChI=1S/C21H22FN5O/c1-23-20(28)15-6-5-14(12-15)17-7-8-18(27-26-17)25-13-21(9-3-10-21)19-16(22)4-2-11-24-19/h2,4-8,11H,3,9-10,12-13H2,1H3,(H,23,28)(H,25,27). The first-order valence-electron chi connectivity index (χ1n) is 9.42. The first-order chi connectivity index (χ1) is 13.6. The van der Waals surface area contributed by atoms with Crippen molar-refractivity contribution in [1.29, 1.82) is 0 Å². The molecule has 4 rings (SSSR count). The molecule has 7 heteroatoms. The molecule has 6 nitrogen and oxygen atoms in total. The van der Waals surface area contributed by atoms with E-state index in [0.717, 1.165) is 30.5 Å². The highest BCUT2D eigenvalue weighted by molar-refractivity contribution is 5.97. The summed E-state index contributed by atoms with van der Waals surface area (Å²) in [6, 6.07) is 6.83. The highest BCUT2D eigenvalue weighted by Crippen LogP contribution is 2.43. The summed E-state index contributed by atoms with van der Waals surface area (Å²) >= 11 is 0. The summed E-state index contributed by atoms with van der Waals surface area (Å²) in [5.74, 6) is 0.313. The lowest BCUT2D eigenvalue weighted by molar-refractivity contribution is -0.117. The van der Waals surface area contributed by atoms with Crippen LogP contribution in [0.5, 0.6) is 0 Å². The number of amides is 1. The van der Waals surface area contributed by atoms with E-state index in [9.17, 15) is 9.18 Å². The van der Waals surface area contributed by atoms with Crippen molar-refractivity contribution in [1.82, 2.24) is 20.5 Å². The summed E-state index contributed by atoms with van der Waals surface area (Å²) in [4.78, 5) is 16.0. The largest absolute Gasteiger partial charge is 0.368 e. The number of nitrogens with zero attached hydrogens (tertiary/aromatic N) is 3. The molecule has 0 radical (unpaired) electrons. The van der Waals surface area contributed by atoms with E-state index in [2.05, 4.69) is 25.8 Å². The number of halogens is 1. The third-order valence-electron chi connectivity index (χ3n) is 5.56. The van der Waals surface area contributed by atoms with E-state index in [0.29, 0.717) is 30.1 Å². The average molecular weight is 379 g/mol. The van der Waals surface area contributed by atoms with Gasteiger partial charge in [-0.1, -0.05) is 18.6 Å². The normalized spacial score (nSPS) is 17.4. The summed E-state index contributed by atoms with van der Waals surface area (Å²) in [7, 11) is 1.62. The zero-order valence-electron chi connectivity index (χ0n) is 15.7. The van der Waals surface area contributed by atoms with Gasteiger partial charge in [0.15, 0.2) is 0 Å². The number of allylic oxidation sites excluding steroid dienone is 3. The summed E-state index contributed by atoms with van der Waals surface area (Å²) in [5, 5.41) is 14.4. The minimum Gasteiger partial charge on any atom is -0.368 e. The van der Waals surface area contributed by atoms with Crippen molar-refractivity contribution in [2.75, 3.05) is 18.9 Å². The number of hydrogen-bond acceptors (Lipinski definition) is 5. The van der Waals surface area contributed by atoms with Crippen LogP contribution in [0, 0.1) is 5.82 Å². The molecule has 2 heterocycles. The lowest BCUT2D eigenvalue weighted by Gasteiger charge is -2.41. The fourth-order valence-corrected chi connectivity index (χ4v) is 3.75. The summed E-state index contributed by atoms with van der Waals surface area (Å²) < 4.78 is 14.2. The number of nitrogens with one attached hydrogen (secondary N) is 2. The molecule has 2 aliphatic carbocycles. The Hall–Kier alpha value is -3.09. The van der Waals surface area contributed by atoms with E-state index in [1.807, 2.05) is 24.3 Å². The van der Waals surface area contributed by atoms with Crippen LogP contribution in [0.2, 0.25) is 0 Å². The van der Waals surface area contributed by atoms with E-state index in [-0.39, 0.29) is 17.1 Å². The minimum absolute atomic E-state index is 0.0787. The van der Waals surface area contributed by atoms with E-state index in [1.165, 1.54) is 6.07 Å².